The first-order valence-electron chi connectivity index (χ1n) is 20.0. The molecular weight excluding hydrogens is 763 g/mol. The minimum Gasteiger partial charge on any atom is -0.0623 e. The number of unbranched alkanes of at least 4 members (excludes halogenated alkanes) is 3. The van der Waals surface area contributed by atoms with Gasteiger partial charge in [-0.15, -0.1) is 0 Å². The summed E-state index contributed by atoms with van der Waals surface area (Å²) in [5, 5.41) is 8.46. The molecule has 0 aliphatic carbocycles. The van der Waals surface area contributed by atoms with Gasteiger partial charge in [-0.2, -0.15) is 0 Å². The summed E-state index contributed by atoms with van der Waals surface area (Å²) in [6.07, 6.45) is 18.4. The molecule has 0 unspecified atom stereocenters. The van der Waals surface area contributed by atoms with Gasteiger partial charge in [-0.3, -0.25) is 0 Å². The molecule has 0 aliphatic heterocycles. The van der Waals surface area contributed by atoms with E-state index in [2.05, 4.69) is 129 Å². The molecule has 7 heteroatoms. The van der Waals surface area contributed by atoms with Crippen molar-refractivity contribution in [2.24, 2.45) is 5.41 Å². The smallest absolute Gasteiger partial charge is 0.0623 e. The summed E-state index contributed by atoms with van der Waals surface area (Å²) in [6, 6.07) is 20.7. The molecule has 0 saturated heterocycles. The average molecular weight is 836 g/mol. The van der Waals surface area contributed by atoms with Crippen molar-refractivity contribution < 1.29 is 14.0 Å². The molecule has 52 heavy (non-hydrogen) atoms. The molecule has 2 N–H and O–H groups in total. The zero-order valence-corrected chi connectivity index (χ0v) is 38.2. The molecule has 0 fully saturated rings. The van der Waals surface area contributed by atoms with Crippen LogP contribution in [0.25, 0.3) is 0 Å². The zero-order valence-electron chi connectivity index (χ0n) is 34.4. The Labute approximate surface area is 323 Å². The van der Waals surface area contributed by atoms with Crippen LogP contribution in [0.2, 0.25) is 18.3 Å². The van der Waals surface area contributed by atoms with Crippen molar-refractivity contribution in [3.63, 3.8) is 0 Å². The fraction of sp³-hybridized carbons (Fsp3) is 0.556. The van der Waals surface area contributed by atoms with Crippen LogP contribution in [0.5, 0.6) is 0 Å². The Hall–Kier alpha value is -2.42. The Kier molecular flexibility index (Phi) is 20.0. The van der Waals surface area contributed by atoms with Crippen molar-refractivity contribution in [1.29, 1.82) is 0 Å². The maximum atomic E-state index is 13.7. The molecule has 5 nitrogen and oxygen atoms in total. The van der Waals surface area contributed by atoms with Gasteiger partial charge in [0.15, 0.2) is 0 Å². The van der Waals surface area contributed by atoms with Gasteiger partial charge < -0.3 is 0 Å². The summed E-state index contributed by atoms with van der Waals surface area (Å²) in [5.41, 5.74) is -0.463. The van der Waals surface area contributed by atoms with Crippen LogP contribution in [0, 0.1) is 5.41 Å². The number of nitrogens with one attached hydrogen (secondary N) is 2. The van der Waals surface area contributed by atoms with Crippen LogP contribution in [0.3, 0.4) is 0 Å². The van der Waals surface area contributed by atoms with Crippen molar-refractivity contribution in [3.05, 3.63) is 95.3 Å². The SMILES string of the molecule is C/C=C\C[C@@H](C/C=C\NC(=O)[C@@H](NC(=O)/C=[CH]\[Sn]([CH2]CCC)([CH2]CCC)[CH2]CCC)C(C)(C)C)O[Si](c1ccccc1)(c1ccccc1)C(C)(C)C. The monoisotopic (exact) mass is 836 g/mol. The van der Waals surface area contributed by atoms with E-state index in [-0.39, 0.29) is 23.0 Å². The molecule has 0 saturated carbocycles. The maximum absolute atomic E-state index is 13.7. The molecule has 2 aromatic carbocycles. The van der Waals surface area contributed by atoms with Crippen LogP contribution in [-0.2, 0) is 14.0 Å². The Morgan fingerprint density at radius 3 is 1.67 bits per heavy atom. The fourth-order valence-electron chi connectivity index (χ4n) is 7.20. The third-order valence-electron chi connectivity index (χ3n) is 10.2. The summed E-state index contributed by atoms with van der Waals surface area (Å²) in [6.45, 7) is 21.7. The van der Waals surface area contributed by atoms with Gasteiger partial charge in [-0.1, -0.05) is 93.6 Å². The van der Waals surface area contributed by atoms with E-state index < -0.39 is 38.2 Å². The van der Waals surface area contributed by atoms with Crippen molar-refractivity contribution in [2.75, 3.05) is 0 Å². The summed E-state index contributed by atoms with van der Waals surface area (Å²) in [7, 11) is -2.76. The van der Waals surface area contributed by atoms with Crippen LogP contribution >= 0.6 is 0 Å². The Balaban J connectivity index is 2.30. The molecular formula is C45H72N2O3SiSn. The van der Waals surface area contributed by atoms with Crippen LogP contribution in [0.15, 0.2) is 95.3 Å². The van der Waals surface area contributed by atoms with E-state index in [4.69, 9.17) is 4.43 Å². The first-order chi connectivity index (χ1) is 24.7. The number of hydrogen-bond acceptors (Lipinski definition) is 3. The van der Waals surface area contributed by atoms with Crippen molar-refractivity contribution >= 4 is 48.9 Å². The van der Waals surface area contributed by atoms with Gasteiger partial charge in [0, 0.05) is 0 Å². The van der Waals surface area contributed by atoms with Gasteiger partial charge in [0.2, 0.25) is 0 Å². The summed E-state index contributed by atoms with van der Waals surface area (Å²) in [5.74, 6) is -0.365. The van der Waals surface area contributed by atoms with E-state index >= 15 is 0 Å². The predicted molar refractivity (Wildman–Crippen MR) is 229 cm³/mol. The number of carbonyl (C=O) groups excluding carboxylic acids is 2. The molecule has 0 spiro atoms. The molecule has 2 rings (SSSR count). The minimum atomic E-state index is -2.76. The molecule has 288 valence electrons. The average Bonchev–Trinajstić information content (AvgIpc) is 3.12. The van der Waals surface area contributed by atoms with Gasteiger partial charge in [0.1, 0.15) is 0 Å². The van der Waals surface area contributed by atoms with Crippen LogP contribution < -0.4 is 21.0 Å². The summed E-state index contributed by atoms with van der Waals surface area (Å²) in [4.78, 5) is 27.1. The van der Waals surface area contributed by atoms with Gasteiger partial charge in [0.05, 0.1) is 0 Å². The van der Waals surface area contributed by atoms with Crippen molar-refractivity contribution in [3.8, 4) is 0 Å². The number of rotatable bonds is 22. The van der Waals surface area contributed by atoms with Gasteiger partial charge in [-0.05, 0) is 22.3 Å². The second kappa shape index (κ2) is 22.7. The predicted octanol–water partition coefficient (Wildman–Crippen LogP) is 10.4. The molecule has 2 amide bonds. The van der Waals surface area contributed by atoms with E-state index in [1.807, 2.05) is 33.8 Å². The normalized spacial score (nSPS) is 14.3. The fourth-order valence-corrected chi connectivity index (χ4v) is 26.0. The van der Waals surface area contributed by atoms with Gasteiger partial charge >= 0.3 is 201 Å². The van der Waals surface area contributed by atoms with E-state index in [0.717, 1.165) is 6.42 Å². The molecule has 2 aromatic rings. The number of amides is 2. The van der Waals surface area contributed by atoms with Gasteiger partial charge in [-0.25, -0.2) is 0 Å². The minimum absolute atomic E-state index is 0.0985. The summed E-state index contributed by atoms with van der Waals surface area (Å²) < 4.78 is 13.7. The Morgan fingerprint density at radius 1 is 0.769 bits per heavy atom. The number of benzene rings is 2. The number of carbonyl (C=O) groups is 2. The first-order valence-corrected chi connectivity index (χ1v) is 29.7. The van der Waals surface area contributed by atoms with E-state index in [0.29, 0.717) is 6.42 Å². The topological polar surface area (TPSA) is 67.4 Å². The molecule has 2 atom stereocenters. The van der Waals surface area contributed by atoms with Crippen LogP contribution in [-0.4, -0.2) is 50.7 Å². The molecule has 0 aromatic heterocycles. The van der Waals surface area contributed by atoms with E-state index in [1.54, 1.807) is 12.3 Å². The molecule has 0 bridgehead atoms. The Bertz CT molecular complexity index is 1350. The second-order valence-electron chi connectivity index (χ2n) is 16.7. The van der Waals surface area contributed by atoms with Crippen LogP contribution in [0.4, 0.5) is 0 Å². The van der Waals surface area contributed by atoms with Crippen molar-refractivity contribution in [2.45, 2.75) is 151 Å². The third-order valence-corrected chi connectivity index (χ3v) is 29.4. The van der Waals surface area contributed by atoms with Gasteiger partial charge in [0.25, 0.3) is 8.32 Å². The zero-order chi connectivity index (χ0) is 38.7. The Morgan fingerprint density at radius 2 is 1.25 bits per heavy atom. The first kappa shape index (κ1) is 45.7. The number of allylic oxidation sites excluding steroid dienone is 1. The quantitative estimate of drug-likeness (QED) is 0.0705. The molecule has 0 aliphatic rings. The molecule has 0 radical (unpaired) electrons. The van der Waals surface area contributed by atoms with E-state index in [1.165, 1.54) is 62.2 Å². The second-order valence-corrected chi connectivity index (χ2v) is 33.9. The summed E-state index contributed by atoms with van der Waals surface area (Å²) >= 11 is -2.63. The standard InChI is InChI=1S/C33H45N2O3Si.3C4H9.Sn/c1-9-11-19-26(20-18-25-34-31(37)30(32(3,4)5)35-29(36)10-2)38-39(33(6,7)8,27-21-14-12-15-22-27)28-23-16-13-17-24-28;3*1-3-4-2;/h2,9-18,21-26,30H,19-20H2,1,3-8H3,(H,34,37)(H,35,36);3*1,3-4H2,2H3;/b10-2?,11-9-,25-18-;;;;/t26-,30+;;;;/m0..../s1. The van der Waals surface area contributed by atoms with E-state index in [9.17, 15) is 9.59 Å². The third kappa shape index (κ3) is 14.1. The van der Waals surface area contributed by atoms with Crippen LogP contribution in [0.1, 0.15) is 121 Å². The number of hydrogen-bond donors (Lipinski definition) is 2. The van der Waals surface area contributed by atoms with Crippen molar-refractivity contribution in [1.82, 2.24) is 10.6 Å². The molecule has 0 heterocycles.